The molecule has 4 nitrogen and oxygen atoms in total. The molecule has 0 unspecified atom stereocenters. The maximum atomic E-state index is 13.2. The number of carbonyl (C=O) groups is 1. The molecular weight excluding hydrogens is 319 g/mol. The van der Waals surface area contributed by atoms with Gasteiger partial charge in [0.05, 0.1) is 18.5 Å². The molecule has 116 valence electrons. The lowest BCUT2D eigenvalue weighted by Crippen LogP contribution is -2.04. The van der Waals surface area contributed by atoms with Gasteiger partial charge in [-0.25, -0.2) is 13.9 Å². The van der Waals surface area contributed by atoms with E-state index in [-0.39, 0.29) is 16.5 Å². The zero-order chi connectivity index (χ0) is 16.4. The summed E-state index contributed by atoms with van der Waals surface area (Å²) in [6.45, 7) is 0. The van der Waals surface area contributed by atoms with Crippen LogP contribution in [0, 0.1) is 5.82 Å². The molecule has 0 N–H and O–H groups in total. The first-order valence-electron chi connectivity index (χ1n) is 6.80. The first kappa shape index (κ1) is 15.2. The van der Waals surface area contributed by atoms with Crippen molar-refractivity contribution in [1.29, 1.82) is 0 Å². The van der Waals surface area contributed by atoms with Crippen molar-refractivity contribution in [3.63, 3.8) is 0 Å². The molecule has 0 fully saturated rings. The highest BCUT2D eigenvalue weighted by atomic mass is 35.5. The second-order valence-corrected chi connectivity index (χ2v) is 5.13. The Kier molecular flexibility index (Phi) is 4.12. The minimum atomic E-state index is -0.631. The Morgan fingerprint density at radius 3 is 2.39 bits per heavy atom. The number of carbonyl (C=O) groups excluding carboxylic acids is 1. The number of nitrogens with zero attached hydrogens (tertiary/aromatic N) is 2. The van der Waals surface area contributed by atoms with Gasteiger partial charge in [0.15, 0.2) is 5.69 Å². The molecule has 3 rings (SSSR count). The maximum Gasteiger partial charge on any atom is 0.360 e. The van der Waals surface area contributed by atoms with Gasteiger partial charge in [-0.3, -0.25) is 0 Å². The van der Waals surface area contributed by atoms with E-state index in [2.05, 4.69) is 5.10 Å². The van der Waals surface area contributed by atoms with Gasteiger partial charge in [0.2, 0.25) is 0 Å². The molecule has 2 aromatic carbocycles. The molecule has 6 heteroatoms. The van der Waals surface area contributed by atoms with Crippen LogP contribution in [0.1, 0.15) is 10.5 Å². The zero-order valence-corrected chi connectivity index (χ0v) is 12.9. The highest BCUT2D eigenvalue weighted by Crippen LogP contribution is 2.33. The number of halogens is 2. The second-order valence-electron chi connectivity index (χ2n) is 4.76. The Morgan fingerprint density at radius 1 is 1.13 bits per heavy atom. The summed E-state index contributed by atoms with van der Waals surface area (Å²) in [6.07, 6.45) is 0. The average Bonchev–Trinajstić information content (AvgIpc) is 2.93. The van der Waals surface area contributed by atoms with Gasteiger partial charge in [-0.2, -0.15) is 5.10 Å². The van der Waals surface area contributed by atoms with Crippen LogP contribution in [0.5, 0.6) is 0 Å². The predicted octanol–water partition coefficient (Wildman–Crippen LogP) is 4.12. The number of methoxy groups -OCH3 is 1. The third-order valence-electron chi connectivity index (χ3n) is 3.32. The van der Waals surface area contributed by atoms with Crippen molar-refractivity contribution in [1.82, 2.24) is 9.78 Å². The molecule has 0 aliphatic rings. The van der Waals surface area contributed by atoms with Gasteiger partial charge >= 0.3 is 5.97 Å². The van der Waals surface area contributed by atoms with E-state index in [1.807, 2.05) is 30.3 Å². The van der Waals surface area contributed by atoms with Crippen molar-refractivity contribution < 1.29 is 13.9 Å². The highest BCUT2D eigenvalue weighted by molar-refractivity contribution is 6.35. The molecule has 0 atom stereocenters. The smallest absolute Gasteiger partial charge is 0.360 e. The number of benzene rings is 2. The fourth-order valence-electron chi connectivity index (χ4n) is 2.24. The minimum Gasteiger partial charge on any atom is -0.464 e. The summed E-state index contributed by atoms with van der Waals surface area (Å²) >= 11 is 6.36. The van der Waals surface area contributed by atoms with Crippen molar-refractivity contribution in [3.05, 3.63) is 71.1 Å². The normalized spacial score (nSPS) is 10.6. The van der Waals surface area contributed by atoms with Gasteiger partial charge in [-0.15, -0.1) is 0 Å². The Hall–Kier alpha value is -2.66. The monoisotopic (exact) mass is 330 g/mol. The molecule has 0 bridgehead atoms. The van der Waals surface area contributed by atoms with Gasteiger partial charge in [-0.1, -0.05) is 41.9 Å². The molecule has 0 amide bonds. The van der Waals surface area contributed by atoms with E-state index >= 15 is 0 Å². The second kappa shape index (κ2) is 6.22. The summed E-state index contributed by atoms with van der Waals surface area (Å²) in [5.74, 6) is -0.991. The summed E-state index contributed by atoms with van der Waals surface area (Å²) in [7, 11) is 1.26. The van der Waals surface area contributed by atoms with Crippen LogP contribution in [-0.4, -0.2) is 22.9 Å². The number of ether oxygens (including phenoxy) is 1. The molecule has 0 aliphatic carbocycles. The first-order chi connectivity index (χ1) is 11.1. The third kappa shape index (κ3) is 2.83. The lowest BCUT2D eigenvalue weighted by Gasteiger charge is -2.08. The number of hydrogen-bond acceptors (Lipinski definition) is 3. The number of esters is 1. The van der Waals surface area contributed by atoms with E-state index in [1.165, 1.54) is 23.9 Å². The average molecular weight is 331 g/mol. The molecule has 0 saturated carbocycles. The van der Waals surface area contributed by atoms with Crippen LogP contribution in [-0.2, 0) is 4.74 Å². The SMILES string of the molecule is COC(=O)c1nn(-c2ccc(F)cc2)c(-c2ccccc2)c1Cl. The highest BCUT2D eigenvalue weighted by Gasteiger charge is 2.24. The van der Waals surface area contributed by atoms with Crippen molar-refractivity contribution in [2.45, 2.75) is 0 Å². The fourth-order valence-corrected chi connectivity index (χ4v) is 2.54. The van der Waals surface area contributed by atoms with Gasteiger partial charge in [0.25, 0.3) is 0 Å². The fraction of sp³-hybridized carbons (Fsp3) is 0.0588. The lowest BCUT2D eigenvalue weighted by atomic mass is 10.1. The standard InChI is InChI=1S/C17H12ClFN2O2/c1-23-17(22)15-14(18)16(11-5-3-2-4-6-11)21(20-15)13-9-7-12(19)8-10-13/h2-10H,1H3. The van der Waals surface area contributed by atoms with Gasteiger partial charge in [0.1, 0.15) is 10.8 Å². The van der Waals surface area contributed by atoms with Crippen LogP contribution in [0.25, 0.3) is 16.9 Å². The largest absolute Gasteiger partial charge is 0.464 e. The summed E-state index contributed by atoms with van der Waals surface area (Å²) < 4.78 is 19.4. The molecule has 0 radical (unpaired) electrons. The number of aromatic nitrogens is 2. The van der Waals surface area contributed by atoms with Gasteiger partial charge in [-0.05, 0) is 24.3 Å². The third-order valence-corrected chi connectivity index (χ3v) is 3.68. The Balaban J connectivity index is 2.25. The van der Waals surface area contributed by atoms with Crippen LogP contribution in [0.3, 0.4) is 0 Å². The Bertz CT molecular complexity index is 845. The predicted molar refractivity (Wildman–Crippen MR) is 85.3 cm³/mol. The van der Waals surface area contributed by atoms with Crippen LogP contribution >= 0.6 is 11.6 Å². The first-order valence-corrected chi connectivity index (χ1v) is 7.18. The molecule has 0 saturated heterocycles. The van der Waals surface area contributed by atoms with Crippen LogP contribution in [0.2, 0.25) is 5.02 Å². The van der Waals surface area contributed by atoms with E-state index < -0.39 is 5.97 Å². The molecular formula is C17H12ClFN2O2. The van der Waals surface area contributed by atoms with Crippen molar-refractivity contribution >= 4 is 17.6 Å². The number of rotatable bonds is 3. The van der Waals surface area contributed by atoms with Gasteiger partial charge in [0, 0.05) is 5.56 Å². The van der Waals surface area contributed by atoms with E-state index in [0.29, 0.717) is 11.4 Å². The summed E-state index contributed by atoms with van der Waals surface area (Å²) in [5, 5.41) is 4.43. The van der Waals surface area contributed by atoms with E-state index in [9.17, 15) is 9.18 Å². The molecule has 23 heavy (non-hydrogen) atoms. The molecule has 1 heterocycles. The number of hydrogen-bond donors (Lipinski definition) is 0. The van der Waals surface area contributed by atoms with Crippen molar-refractivity contribution in [2.24, 2.45) is 0 Å². The summed E-state index contributed by atoms with van der Waals surface area (Å²) in [5.41, 5.74) is 1.92. The van der Waals surface area contributed by atoms with Crippen LogP contribution in [0.4, 0.5) is 4.39 Å². The summed E-state index contributed by atoms with van der Waals surface area (Å²) in [4.78, 5) is 11.9. The van der Waals surface area contributed by atoms with Crippen LogP contribution < -0.4 is 0 Å². The van der Waals surface area contributed by atoms with Crippen molar-refractivity contribution in [2.75, 3.05) is 7.11 Å². The topological polar surface area (TPSA) is 44.1 Å². The molecule has 3 aromatic rings. The summed E-state index contributed by atoms with van der Waals surface area (Å²) in [6, 6.07) is 15.0. The van der Waals surface area contributed by atoms with Crippen molar-refractivity contribution in [3.8, 4) is 16.9 Å². The molecule has 1 aromatic heterocycles. The van der Waals surface area contributed by atoms with Crippen LogP contribution in [0.15, 0.2) is 54.6 Å². The minimum absolute atomic E-state index is 0.0114. The van der Waals surface area contributed by atoms with E-state index in [1.54, 1.807) is 12.1 Å². The quantitative estimate of drug-likeness (QED) is 0.679. The zero-order valence-electron chi connectivity index (χ0n) is 12.2. The van der Waals surface area contributed by atoms with Gasteiger partial charge < -0.3 is 4.74 Å². The molecule has 0 aliphatic heterocycles. The Labute approximate surface area is 137 Å². The maximum absolute atomic E-state index is 13.2. The van der Waals surface area contributed by atoms with E-state index in [0.717, 1.165) is 5.56 Å². The Morgan fingerprint density at radius 2 is 1.78 bits per heavy atom. The lowest BCUT2D eigenvalue weighted by molar-refractivity contribution is 0.0593. The van der Waals surface area contributed by atoms with E-state index in [4.69, 9.17) is 16.3 Å². The molecule has 0 spiro atoms.